The highest BCUT2D eigenvalue weighted by atomic mass is 32.2. The van der Waals surface area contributed by atoms with Crippen molar-refractivity contribution < 1.29 is 19.1 Å². The Kier molecular flexibility index (Phi) is 6.88. The molecule has 5 rings (SSSR count). The Bertz CT molecular complexity index is 1570. The summed E-state index contributed by atoms with van der Waals surface area (Å²) in [6.07, 6.45) is 0. The number of anilines is 1. The van der Waals surface area contributed by atoms with E-state index in [9.17, 15) is 9.59 Å². The molecule has 0 spiro atoms. The van der Waals surface area contributed by atoms with Gasteiger partial charge in [0, 0.05) is 26.9 Å². The number of fused-ring (bicyclic) bond motifs is 3. The summed E-state index contributed by atoms with van der Waals surface area (Å²) in [4.78, 5) is 27.4. The van der Waals surface area contributed by atoms with Crippen molar-refractivity contribution in [2.75, 3.05) is 19.5 Å². The van der Waals surface area contributed by atoms with Crippen LogP contribution in [0, 0.1) is 0 Å². The van der Waals surface area contributed by atoms with E-state index in [1.165, 1.54) is 18.9 Å². The Balaban J connectivity index is 1.36. The third-order valence-electron chi connectivity index (χ3n) is 6.20. The third-order valence-corrected chi connectivity index (χ3v) is 7.28. The largest absolute Gasteiger partial charge is 0.493 e. The van der Waals surface area contributed by atoms with Crippen LogP contribution >= 0.6 is 11.8 Å². The van der Waals surface area contributed by atoms with E-state index in [0.29, 0.717) is 22.7 Å². The number of hydrogen-bond donors (Lipinski definition) is 1. The second-order valence-corrected chi connectivity index (χ2v) is 9.93. The molecule has 5 aromatic rings. The topological polar surface area (TPSA) is 69.6 Å². The molecule has 1 atom stereocenters. The summed E-state index contributed by atoms with van der Waals surface area (Å²) >= 11 is 1.46. The first kappa shape index (κ1) is 24.5. The van der Waals surface area contributed by atoms with E-state index in [0.717, 1.165) is 26.7 Å². The van der Waals surface area contributed by atoms with Crippen LogP contribution in [0.2, 0.25) is 0 Å². The predicted molar refractivity (Wildman–Crippen MR) is 149 cm³/mol. The SMILES string of the molecule is COc1ccc(C(=O)Nc2cccc(SC(C)C(=O)n3c4ccccc4c4ccccc43)c2)cc1OC. The van der Waals surface area contributed by atoms with Crippen molar-refractivity contribution in [1.82, 2.24) is 4.57 Å². The van der Waals surface area contributed by atoms with Crippen molar-refractivity contribution in [3.05, 3.63) is 96.6 Å². The van der Waals surface area contributed by atoms with Gasteiger partial charge >= 0.3 is 0 Å². The molecule has 6 nitrogen and oxygen atoms in total. The fraction of sp³-hybridized carbons (Fsp3) is 0.133. The van der Waals surface area contributed by atoms with E-state index in [2.05, 4.69) is 5.32 Å². The number of para-hydroxylation sites is 2. The lowest BCUT2D eigenvalue weighted by Crippen LogP contribution is -2.21. The lowest BCUT2D eigenvalue weighted by atomic mass is 10.2. The molecule has 0 saturated heterocycles. The zero-order chi connectivity index (χ0) is 25.9. The predicted octanol–water partition coefficient (Wildman–Crippen LogP) is 6.89. The van der Waals surface area contributed by atoms with E-state index in [-0.39, 0.29) is 17.1 Å². The maximum absolute atomic E-state index is 13.6. The van der Waals surface area contributed by atoms with Gasteiger partial charge in [-0.25, -0.2) is 0 Å². The van der Waals surface area contributed by atoms with Crippen LogP contribution in [-0.2, 0) is 0 Å². The van der Waals surface area contributed by atoms with Crippen molar-refractivity contribution in [2.45, 2.75) is 17.1 Å². The highest BCUT2D eigenvalue weighted by Gasteiger charge is 2.22. The van der Waals surface area contributed by atoms with Gasteiger partial charge in [-0.05, 0) is 55.5 Å². The molecule has 1 N–H and O–H groups in total. The molecule has 186 valence electrons. The van der Waals surface area contributed by atoms with Gasteiger partial charge in [-0.1, -0.05) is 42.5 Å². The van der Waals surface area contributed by atoms with E-state index < -0.39 is 0 Å². The standard InChI is InChI=1S/C30H26N2O4S/c1-19(30(34)32-25-13-6-4-11-23(25)24-12-5-7-14-26(24)32)37-22-10-8-9-21(18-22)31-29(33)20-15-16-27(35-2)28(17-20)36-3/h4-19H,1-3H3,(H,31,33). The van der Waals surface area contributed by atoms with Crippen LogP contribution in [0.15, 0.2) is 95.9 Å². The Morgan fingerprint density at radius 1 is 0.784 bits per heavy atom. The van der Waals surface area contributed by atoms with Gasteiger partial charge in [-0.3, -0.25) is 14.2 Å². The molecule has 7 heteroatoms. The van der Waals surface area contributed by atoms with Crippen LogP contribution in [0.4, 0.5) is 5.69 Å². The third kappa shape index (κ3) is 4.78. The van der Waals surface area contributed by atoms with Crippen molar-refractivity contribution in [3.63, 3.8) is 0 Å². The molecule has 1 unspecified atom stereocenters. The monoisotopic (exact) mass is 510 g/mol. The molecule has 0 saturated carbocycles. The second kappa shape index (κ2) is 10.4. The van der Waals surface area contributed by atoms with Gasteiger partial charge in [0.05, 0.1) is 30.5 Å². The van der Waals surface area contributed by atoms with Crippen LogP contribution in [0.3, 0.4) is 0 Å². The minimum absolute atomic E-state index is 0.00201. The molecule has 0 aliphatic rings. The first-order chi connectivity index (χ1) is 18.0. The number of hydrogen-bond acceptors (Lipinski definition) is 5. The minimum atomic E-state index is -0.351. The second-order valence-electron chi connectivity index (χ2n) is 8.52. The number of benzene rings is 4. The Morgan fingerprint density at radius 3 is 2.08 bits per heavy atom. The number of methoxy groups -OCH3 is 2. The van der Waals surface area contributed by atoms with E-state index in [4.69, 9.17) is 9.47 Å². The molecule has 0 aliphatic carbocycles. The van der Waals surface area contributed by atoms with Crippen LogP contribution in [0.1, 0.15) is 22.1 Å². The normalized spacial score (nSPS) is 11.9. The molecule has 0 aliphatic heterocycles. The van der Waals surface area contributed by atoms with Crippen LogP contribution in [0.25, 0.3) is 21.8 Å². The number of rotatable bonds is 7. The van der Waals surface area contributed by atoms with E-state index >= 15 is 0 Å². The van der Waals surface area contributed by atoms with E-state index in [1.807, 2.05) is 84.3 Å². The minimum Gasteiger partial charge on any atom is -0.493 e. The maximum Gasteiger partial charge on any atom is 0.255 e. The summed E-state index contributed by atoms with van der Waals surface area (Å²) in [5.41, 5.74) is 2.89. The first-order valence-electron chi connectivity index (χ1n) is 11.8. The number of ether oxygens (including phenoxy) is 2. The number of amides is 1. The summed E-state index contributed by atoms with van der Waals surface area (Å²) in [6, 6.07) is 28.5. The Morgan fingerprint density at radius 2 is 1.43 bits per heavy atom. The molecule has 1 heterocycles. The lowest BCUT2D eigenvalue weighted by molar-refractivity contribution is 0.0924. The number of nitrogens with one attached hydrogen (secondary N) is 1. The molecular formula is C30H26N2O4S. The molecule has 37 heavy (non-hydrogen) atoms. The molecule has 0 bridgehead atoms. The number of thioether (sulfide) groups is 1. The van der Waals surface area contributed by atoms with Crippen molar-refractivity contribution in [3.8, 4) is 11.5 Å². The molecule has 1 amide bonds. The Labute approximate surface area is 219 Å². The average molecular weight is 511 g/mol. The molecule has 1 aromatic heterocycles. The van der Waals surface area contributed by atoms with Gasteiger partial charge in [0.1, 0.15) is 0 Å². The smallest absolute Gasteiger partial charge is 0.255 e. The quantitative estimate of drug-likeness (QED) is 0.242. The van der Waals surface area contributed by atoms with Crippen LogP contribution in [0.5, 0.6) is 11.5 Å². The van der Waals surface area contributed by atoms with Gasteiger partial charge in [0.25, 0.3) is 5.91 Å². The summed E-state index contributed by atoms with van der Waals surface area (Å²) in [5, 5.41) is 4.69. The number of carbonyl (C=O) groups excluding carboxylic acids is 2. The Hall–Kier alpha value is -4.23. The molecule has 0 radical (unpaired) electrons. The summed E-state index contributed by atoms with van der Waals surface area (Å²) in [7, 11) is 3.08. The van der Waals surface area contributed by atoms with Gasteiger partial charge in [0.2, 0.25) is 5.91 Å². The lowest BCUT2D eigenvalue weighted by Gasteiger charge is -2.14. The van der Waals surface area contributed by atoms with Gasteiger partial charge in [0.15, 0.2) is 11.5 Å². The summed E-state index contributed by atoms with van der Waals surface area (Å²) < 4.78 is 12.4. The van der Waals surface area contributed by atoms with Gasteiger partial charge in [-0.2, -0.15) is 0 Å². The molecule has 0 fully saturated rings. The van der Waals surface area contributed by atoms with Crippen molar-refractivity contribution >= 4 is 51.1 Å². The average Bonchev–Trinajstić information content (AvgIpc) is 3.26. The molecule has 4 aromatic carbocycles. The number of carbonyl (C=O) groups is 2. The fourth-order valence-electron chi connectivity index (χ4n) is 4.42. The maximum atomic E-state index is 13.6. The summed E-state index contributed by atoms with van der Waals surface area (Å²) in [5.74, 6) is 0.774. The van der Waals surface area contributed by atoms with Gasteiger partial charge < -0.3 is 14.8 Å². The molecular weight excluding hydrogens is 484 g/mol. The van der Waals surface area contributed by atoms with Gasteiger partial charge in [-0.15, -0.1) is 11.8 Å². The number of aromatic nitrogens is 1. The highest BCUT2D eigenvalue weighted by molar-refractivity contribution is 8.00. The van der Waals surface area contributed by atoms with Crippen molar-refractivity contribution in [2.24, 2.45) is 0 Å². The zero-order valence-corrected chi connectivity index (χ0v) is 21.5. The fourth-order valence-corrected chi connectivity index (χ4v) is 5.39. The van der Waals surface area contributed by atoms with Crippen LogP contribution in [-0.4, -0.2) is 35.9 Å². The first-order valence-corrected chi connectivity index (χ1v) is 12.7. The number of nitrogens with zero attached hydrogens (tertiary/aromatic N) is 1. The van der Waals surface area contributed by atoms with Crippen LogP contribution < -0.4 is 14.8 Å². The van der Waals surface area contributed by atoms with Crippen molar-refractivity contribution in [1.29, 1.82) is 0 Å². The summed E-state index contributed by atoms with van der Waals surface area (Å²) in [6.45, 7) is 1.91. The zero-order valence-electron chi connectivity index (χ0n) is 20.7. The highest BCUT2D eigenvalue weighted by Crippen LogP contribution is 2.33. The van der Waals surface area contributed by atoms with E-state index in [1.54, 1.807) is 25.3 Å².